The molecule has 1 aromatic rings. The van der Waals surface area contributed by atoms with E-state index in [1.54, 1.807) is 6.20 Å². The Hall–Kier alpha value is -1.67. The summed E-state index contributed by atoms with van der Waals surface area (Å²) in [5, 5.41) is 0. The van der Waals surface area contributed by atoms with Gasteiger partial charge in [0.2, 0.25) is 5.91 Å². The summed E-state index contributed by atoms with van der Waals surface area (Å²) in [4.78, 5) is 21.8. The number of aromatic nitrogens is 1. The van der Waals surface area contributed by atoms with E-state index in [1.807, 2.05) is 36.9 Å². The lowest BCUT2D eigenvalue weighted by atomic mass is 10.2. The lowest BCUT2D eigenvalue weighted by molar-refractivity contribution is -0.163. The minimum absolute atomic E-state index is 0.00322. The lowest BCUT2D eigenvalue weighted by Gasteiger charge is -2.35. The van der Waals surface area contributed by atoms with Gasteiger partial charge in [-0.25, -0.2) is 0 Å². The molecule has 1 amide bonds. The molecule has 5 nitrogen and oxygen atoms in total. The van der Waals surface area contributed by atoms with Gasteiger partial charge in [0.15, 0.2) is 0 Å². The molecule has 0 unspecified atom stereocenters. The number of amides is 1. The molecule has 2 rings (SSSR count). The molecular formula is C18H27F3N4O. The minimum atomic E-state index is -4.37. The molecule has 0 spiro atoms. The Morgan fingerprint density at radius 3 is 2.38 bits per heavy atom. The molecule has 1 saturated heterocycles. The van der Waals surface area contributed by atoms with Gasteiger partial charge in [-0.2, -0.15) is 13.2 Å². The summed E-state index contributed by atoms with van der Waals surface area (Å²) in [6.07, 6.45) is -2.61. The van der Waals surface area contributed by atoms with Crippen LogP contribution in [0.3, 0.4) is 0 Å². The maximum absolute atomic E-state index is 12.7. The number of rotatable bonds is 7. The van der Waals surface area contributed by atoms with E-state index < -0.39 is 18.6 Å². The average Bonchev–Trinajstić information content (AvgIpc) is 2.55. The molecule has 0 saturated carbocycles. The molecule has 1 aliphatic rings. The first-order valence-electron chi connectivity index (χ1n) is 8.92. The zero-order valence-corrected chi connectivity index (χ0v) is 15.4. The van der Waals surface area contributed by atoms with E-state index in [1.165, 1.54) is 0 Å². The van der Waals surface area contributed by atoms with Crippen LogP contribution in [-0.2, 0) is 11.3 Å². The van der Waals surface area contributed by atoms with Gasteiger partial charge in [0.25, 0.3) is 0 Å². The average molecular weight is 372 g/mol. The van der Waals surface area contributed by atoms with Crippen LogP contribution < -0.4 is 0 Å². The lowest BCUT2D eigenvalue weighted by Crippen LogP contribution is -2.51. The highest BCUT2D eigenvalue weighted by atomic mass is 19.4. The van der Waals surface area contributed by atoms with Crippen molar-refractivity contribution in [1.82, 2.24) is 19.7 Å². The van der Waals surface area contributed by atoms with Crippen LogP contribution in [0.2, 0.25) is 0 Å². The number of pyridine rings is 1. The fraction of sp³-hybridized carbons (Fsp3) is 0.667. The number of alkyl halides is 3. The highest BCUT2D eigenvalue weighted by Gasteiger charge is 2.33. The number of nitrogens with zero attached hydrogens (tertiary/aromatic N) is 4. The van der Waals surface area contributed by atoms with Crippen molar-refractivity contribution >= 4 is 5.91 Å². The largest absolute Gasteiger partial charge is 0.406 e. The molecule has 8 heteroatoms. The molecule has 0 aromatic carbocycles. The van der Waals surface area contributed by atoms with Crippen LogP contribution in [0.15, 0.2) is 24.4 Å². The SMILES string of the molecule is CC(C)CN(CC(F)(F)F)C(=O)CN1CCN(Cc2ccccn2)CC1. The number of halogens is 3. The van der Waals surface area contributed by atoms with Crippen molar-refractivity contribution in [3.8, 4) is 0 Å². The highest BCUT2D eigenvalue weighted by Crippen LogP contribution is 2.18. The summed E-state index contributed by atoms with van der Waals surface area (Å²) < 4.78 is 38.2. The summed E-state index contributed by atoms with van der Waals surface area (Å²) in [5.41, 5.74) is 0.991. The van der Waals surface area contributed by atoms with Crippen molar-refractivity contribution in [2.24, 2.45) is 5.92 Å². The predicted octanol–water partition coefficient (Wildman–Crippen LogP) is 2.25. The molecule has 0 radical (unpaired) electrons. The molecule has 146 valence electrons. The first-order valence-corrected chi connectivity index (χ1v) is 8.92. The fourth-order valence-electron chi connectivity index (χ4n) is 3.03. The molecule has 1 aliphatic heterocycles. The second kappa shape index (κ2) is 9.32. The van der Waals surface area contributed by atoms with Crippen LogP contribution in [0.5, 0.6) is 0 Å². The first kappa shape index (κ1) is 20.6. The molecule has 0 atom stereocenters. The van der Waals surface area contributed by atoms with E-state index in [4.69, 9.17) is 0 Å². The van der Waals surface area contributed by atoms with Gasteiger partial charge < -0.3 is 4.90 Å². The topological polar surface area (TPSA) is 39.7 Å². The van der Waals surface area contributed by atoms with Crippen LogP contribution in [0, 0.1) is 5.92 Å². The second-order valence-corrected chi connectivity index (χ2v) is 7.16. The Bertz CT molecular complexity index is 557. The van der Waals surface area contributed by atoms with Crippen LogP contribution in [0.1, 0.15) is 19.5 Å². The summed E-state index contributed by atoms with van der Waals surface area (Å²) in [7, 11) is 0. The third-order valence-electron chi connectivity index (χ3n) is 4.24. The third kappa shape index (κ3) is 7.29. The van der Waals surface area contributed by atoms with E-state index >= 15 is 0 Å². The Labute approximate surface area is 152 Å². The summed E-state index contributed by atoms with van der Waals surface area (Å²) >= 11 is 0. The quantitative estimate of drug-likeness (QED) is 0.736. The van der Waals surface area contributed by atoms with E-state index in [9.17, 15) is 18.0 Å². The van der Waals surface area contributed by atoms with Gasteiger partial charge >= 0.3 is 6.18 Å². The van der Waals surface area contributed by atoms with E-state index in [-0.39, 0.29) is 19.0 Å². The normalized spacial score (nSPS) is 16.8. The Morgan fingerprint density at radius 1 is 1.19 bits per heavy atom. The molecule has 0 bridgehead atoms. The minimum Gasteiger partial charge on any atom is -0.332 e. The van der Waals surface area contributed by atoms with Gasteiger partial charge in [-0.05, 0) is 18.1 Å². The molecule has 26 heavy (non-hydrogen) atoms. The highest BCUT2D eigenvalue weighted by molar-refractivity contribution is 5.78. The predicted molar refractivity (Wildman–Crippen MR) is 93.4 cm³/mol. The van der Waals surface area contributed by atoms with Crippen molar-refractivity contribution < 1.29 is 18.0 Å². The number of hydrogen-bond donors (Lipinski definition) is 0. The summed E-state index contributed by atoms with van der Waals surface area (Å²) in [5.74, 6) is -0.453. The van der Waals surface area contributed by atoms with Crippen molar-refractivity contribution in [2.45, 2.75) is 26.6 Å². The second-order valence-electron chi connectivity index (χ2n) is 7.16. The molecule has 1 fully saturated rings. The van der Waals surface area contributed by atoms with Crippen LogP contribution >= 0.6 is 0 Å². The molecule has 0 aliphatic carbocycles. The molecule has 1 aromatic heterocycles. The Balaban J connectivity index is 1.81. The third-order valence-corrected chi connectivity index (χ3v) is 4.24. The fourth-order valence-corrected chi connectivity index (χ4v) is 3.03. The van der Waals surface area contributed by atoms with Crippen LogP contribution in [0.4, 0.5) is 13.2 Å². The molecular weight excluding hydrogens is 345 g/mol. The number of hydrogen-bond acceptors (Lipinski definition) is 4. The van der Waals surface area contributed by atoms with Crippen molar-refractivity contribution in [2.75, 3.05) is 45.8 Å². The van der Waals surface area contributed by atoms with Crippen molar-refractivity contribution in [3.63, 3.8) is 0 Å². The summed E-state index contributed by atoms with van der Waals surface area (Å²) in [6.45, 7) is 6.24. The zero-order chi connectivity index (χ0) is 19.2. The van der Waals surface area contributed by atoms with Crippen molar-refractivity contribution in [1.29, 1.82) is 0 Å². The van der Waals surface area contributed by atoms with Crippen molar-refractivity contribution in [3.05, 3.63) is 30.1 Å². The molecule has 0 N–H and O–H groups in total. The van der Waals surface area contributed by atoms with Gasteiger partial charge in [-0.1, -0.05) is 19.9 Å². The van der Waals surface area contributed by atoms with Crippen LogP contribution in [-0.4, -0.2) is 77.6 Å². The van der Waals surface area contributed by atoms with E-state index in [0.717, 1.165) is 30.2 Å². The van der Waals surface area contributed by atoms with Gasteiger partial charge in [-0.15, -0.1) is 0 Å². The standard InChI is InChI=1S/C18H27F3N4O/c1-15(2)11-25(14-18(19,20)21)17(26)13-24-9-7-23(8-10-24)12-16-5-3-4-6-22-16/h3-6,15H,7-14H2,1-2H3. The maximum atomic E-state index is 12.7. The number of carbonyl (C=O) groups is 1. The first-order chi connectivity index (χ1) is 12.2. The number of carbonyl (C=O) groups excluding carboxylic acids is 1. The Morgan fingerprint density at radius 2 is 1.85 bits per heavy atom. The zero-order valence-electron chi connectivity index (χ0n) is 15.4. The monoisotopic (exact) mass is 372 g/mol. The smallest absolute Gasteiger partial charge is 0.332 e. The van der Waals surface area contributed by atoms with E-state index in [2.05, 4.69) is 9.88 Å². The van der Waals surface area contributed by atoms with Gasteiger partial charge in [0.05, 0.1) is 12.2 Å². The van der Waals surface area contributed by atoms with Crippen LogP contribution in [0.25, 0.3) is 0 Å². The number of piperazine rings is 1. The summed E-state index contributed by atoms with van der Waals surface area (Å²) in [6, 6.07) is 5.79. The van der Waals surface area contributed by atoms with Gasteiger partial charge in [0, 0.05) is 45.5 Å². The maximum Gasteiger partial charge on any atom is 0.406 e. The van der Waals surface area contributed by atoms with E-state index in [0.29, 0.717) is 13.1 Å². The Kier molecular flexibility index (Phi) is 7.40. The van der Waals surface area contributed by atoms with Gasteiger partial charge in [0.1, 0.15) is 6.54 Å². The van der Waals surface area contributed by atoms with Gasteiger partial charge in [-0.3, -0.25) is 19.6 Å². The molecule has 2 heterocycles.